The molecule has 0 spiro atoms. The highest BCUT2D eigenvalue weighted by molar-refractivity contribution is 6.32. The zero-order valence-electron chi connectivity index (χ0n) is 19.6. The van der Waals surface area contributed by atoms with Gasteiger partial charge in [-0.2, -0.15) is 0 Å². The summed E-state index contributed by atoms with van der Waals surface area (Å²) in [6.07, 6.45) is 2.69. The molecule has 7 nitrogen and oxygen atoms in total. The number of pyridine rings is 2. The van der Waals surface area contributed by atoms with Crippen LogP contribution in [0.1, 0.15) is 48.2 Å². The van der Waals surface area contributed by atoms with Gasteiger partial charge < -0.3 is 5.32 Å². The van der Waals surface area contributed by atoms with Gasteiger partial charge in [0.1, 0.15) is 5.69 Å². The molecule has 11 heteroatoms. The third kappa shape index (κ3) is 5.10. The van der Waals surface area contributed by atoms with Crippen molar-refractivity contribution in [2.24, 2.45) is 5.92 Å². The lowest BCUT2D eigenvalue weighted by Gasteiger charge is -2.29. The lowest BCUT2D eigenvalue weighted by molar-refractivity contribution is 0.0904. The van der Waals surface area contributed by atoms with Crippen LogP contribution < -0.4 is 11.0 Å². The van der Waals surface area contributed by atoms with Gasteiger partial charge in [-0.1, -0.05) is 35.3 Å². The van der Waals surface area contributed by atoms with Crippen LogP contribution in [-0.2, 0) is 6.54 Å². The van der Waals surface area contributed by atoms with Crippen LogP contribution in [0, 0.1) is 5.92 Å². The van der Waals surface area contributed by atoms with Crippen LogP contribution in [0.3, 0.4) is 0 Å². The van der Waals surface area contributed by atoms with Crippen molar-refractivity contribution in [3.63, 3.8) is 0 Å². The second kappa shape index (κ2) is 10.6. The van der Waals surface area contributed by atoms with Gasteiger partial charge in [0.2, 0.25) is 0 Å². The summed E-state index contributed by atoms with van der Waals surface area (Å²) in [5, 5.41) is 3.42. The van der Waals surface area contributed by atoms with Gasteiger partial charge in [-0.25, -0.2) is 23.1 Å². The van der Waals surface area contributed by atoms with Gasteiger partial charge in [0, 0.05) is 25.0 Å². The maximum atomic E-state index is 13.5. The van der Waals surface area contributed by atoms with Crippen LogP contribution in [0.5, 0.6) is 0 Å². The monoisotopic (exact) mass is 545 g/mol. The van der Waals surface area contributed by atoms with E-state index in [4.69, 9.17) is 23.2 Å². The Morgan fingerprint density at radius 1 is 1.08 bits per heavy atom. The van der Waals surface area contributed by atoms with Crippen molar-refractivity contribution in [3.8, 4) is 5.69 Å². The van der Waals surface area contributed by atoms with Crippen LogP contribution >= 0.6 is 23.2 Å². The summed E-state index contributed by atoms with van der Waals surface area (Å²) in [7, 11) is 0. The molecule has 1 aliphatic rings. The molecule has 3 aromatic heterocycles. The molecular weight excluding hydrogens is 523 g/mol. The zero-order chi connectivity index (χ0) is 26.1. The first-order chi connectivity index (χ1) is 17.8. The predicted molar refractivity (Wildman–Crippen MR) is 138 cm³/mol. The fourth-order valence-electron chi connectivity index (χ4n) is 4.93. The summed E-state index contributed by atoms with van der Waals surface area (Å²) < 4.78 is 29.9. The molecule has 1 amide bonds. The summed E-state index contributed by atoms with van der Waals surface area (Å²) in [4.78, 5) is 34.3. The number of carbonyl (C=O) groups is 1. The number of benzene rings is 1. The van der Waals surface area contributed by atoms with Crippen molar-refractivity contribution in [1.29, 1.82) is 0 Å². The third-order valence-electron chi connectivity index (χ3n) is 6.74. The summed E-state index contributed by atoms with van der Waals surface area (Å²) in [6.45, 7) is 0.493. The maximum absolute atomic E-state index is 13.5. The first-order valence-corrected chi connectivity index (χ1v) is 12.6. The fraction of sp³-hybridized carbons (Fsp3) is 0.308. The number of hydrogen-bond donors (Lipinski definition) is 1. The van der Waals surface area contributed by atoms with E-state index in [9.17, 15) is 18.4 Å². The summed E-state index contributed by atoms with van der Waals surface area (Å²) in [6, 6.07) is 11.8. The van der Waals surface area contributed by atoms with E-state index < -0.39 is 18.0 Å². The van der Waals surface area contributed by atoms with E-state index >= 15 is 0 Å². The number of nitrogens with zero attached hydrogens (tertiary/aromatic N) is 4. The second-order valence-electron chi connectivity index (χ2n) is 9.10. The van der Waals surface area contributed by atoms with Crippen molar-refractivity contribution >= 4 is 40.3 Å². The lowest BCUT2D eigenvalue weighted by Crippen LogP contribution is -2.39. The van der Waals surface area contributed by atoms with Crippen LogP contribution in [0.25, 0.3) is 16.9 Å². The first-order valence-electron chi connectivity index (χ1n) is 11.9. The average Bonchev–Trinajstić information content (AvgIpc) is 3.16. The number of hydrogen-bond acceptors (Lipinski definition) is 4. The Morgan fingerprint density at radius 2 is 1.84 bits per heavy atom. The molecule has 1 saturated carbocycles. The molecule has 1 aromatic carbocycles. The molecule has 4 aromatic rings. The molecule has 0 radical (unpaired) electrons. The molecular formula is C26H23Cl2F2N5O2. The number of imidazole rings is 1. The molecule has 0 unspecified atom stereocenters. The predicted octanol–water partition coefficient (Wildman–Crippen LogP) is 5.82. The molecule has 0 atom stereocenters. The van der Waals surface area contributed by atoms with Crippen molar-refractivity contribution < 1.29 is 13.6 Å². The number of fused-ring (bicyclic) bond motifs is 1. The highest BCUT2D eigenvalue weighted by Crippen LogP contribution is 2.29. The van der Waals surface area contributed by atoms with Crippen LogP contribution in [0.15, 0.2) is 59.7 Å². The van der Waals surface area contributed by atoms with Crippen LogP contribution in [0.2, 0.25) is 10.0 Å². The summed E-state index contributed by atoms with van der Waals surface area (Å²) in [5.41, 5.74) is 0.809. The normalized spacial score (nSPS) is 17.9. The molecule has 0 saturated heterocycles. The number of halogens is 4. The Morgan fingerprint density at radius 3 is 2.57 bits per heavy atom. The molecule has 3 heterocycles. The lowest BCUT2D eigenvalue weighted by atomic mass is 9.85. The zero-order valence-corrected chi connectivity index (χ0v) is 21.1. The minimum absolute atomic E-state index is 0.120. The van der Waals surface area contributed by atoms with Gasteiger partial charge in [0.15, 0.2) is 5.65 Å². The average molecular weight is 546 g/mol. The van der Waals surface area contributed by atoms with E-state index in [0.717, 1.165) is 24.6 Å². The van der Waals surface area contributed by atoms with E-state index in [1.807, 2.05) is 12.1 Å². The van der Waals surface area contributed by atoms with Gasteiger partial charge in [-0.05, 0) is 61.9 Å². The van der Waals surface area contributed by atoms with E-state index in [-0.39, 0.29) is 28.2 Å². The minimum Gasteiger partial charge on any atom is -0.349 e. The molecule has 1 fully saturated rings. The number of amides is 1. The third-order valence-corrected chi connectivity index (χ3v) is 7.27. The standard InChI is InChI=1S/C26H23Cl2F2N5O2/c27-16-12-18(22(23(29)30)32-13-16)25(36)33-17-9-7-15(8-10-17)14-34-21-6-3-11-31-24(21)35(26(34)37)20-5-2-1-4-19(20)28/h1-6,11-13,15,17,23H,7-10,14H2,(H,33,36). The van der Waals surface area contributed by atoms with Crippen molar-refractivity contribution in [3.05, 3.63) is 86.6 Å². The Bertz CT molecular complexity index is 1510. The number of alkyl halides is 2. The highest BCUT2D eigenvalue weighted by Gasteiger charge is 2.27. The molecule has 0 bridgehead atoms. The first kappa shape index (κ1) is 25.4. The van der Waals surface area contributed by atoms with Gasteiger partial charge in [0.25, 0.3) is 12.3 Å². The topological polar surface area (TPSA) is 81.8 Å². The van der Waals surface area contributed by atoms with Crippen LogP contribution in [0.4, 0.5) is 8.78 Å². The smallest absolute Gasteiger partial charge is 0.335 e. The second-order valence-corrected chi connectivity index (χ2v) is 9.95. The fourth-order valence-corrected chi connectivity index (χ4v) is 5.31. The number of nitrogens with one attached hydrogen (secondary N) is 1. The molecule has 1 aliphatic carbocycles. The van der Waals surface area contributed by atoms with Crippen molar-refractivity contribution in [2.45, 2.75) is 44.7 Å². The molecule has 0 aliphatic heterocycles. The van der Waals surface area contributed by atoms with E-state index in [2.05, 4.69) is 15.3 Å². The van der Waals surface area contributed by atoms with E-state index in [0.29, 0.717) is 35.7 Å². The minimum atomic E-state index is -2.88. The maximum Gasteiger partial charge on any atom is 0.335 e. The Hall–Kier alpha value is -3.30. The number of rotatable bonds is 6. The Kier molecular flexibility index (Phi) is 7.26. The Balaban J connectivity index is 1.31. The van der Waals surface area contributed by atoms with E-state index in [1.54, 1.807) is 35.0 Å². The molecule has 5 rings (SSSR count). The van der Waals surface area contributed by atoms with Gasteiger partial charge in [0.05, 0.1) is 26.8 Å². The molecule has 37 heavy (non-hydrogen) atoms. The largest absolute Gasteiger partial charge is 0.349 e. The number of aromatic nitrogens is 4. The van der Waals surface area contributed by atoms with Crippen LogP contribution in [-0.4, -0.2) is 31.1 Å². The quantitative estimate of drug-likeness (QED) is 0.331. The van der Waals surface area contributed by atoms with Crippen molar-refractivity contribution in [1.82, 2.24) is 24.4 Å². The molecule has 1 N–H and O–H groups in total. The number of para-hydroxylation sites is 1. The molecule has 192 valence electrons. The number of carbonyl (C=O) groups excluding carboxylic acids is 1. The Labute approximate surface area is 221 Å². The van der Waals surface area contributed by atoms with E-state index in [1.165, 1.54) is 10.6 Å². The van der Waals surface area contributed by atoms with Gasteiger partial charge in [-0.15, -0.1) is 0 Å². The van der Waals surface area contributed by atoms with Gasteiger partial charge >= 0.3 is 5.69 Å². The summed E-state index contributed by atoms with van der Waals surface area (Å²) in [5.74, 6) is -0.417. The highest BCUT2D eigenvalue weighted by atomic mass is 35.5. The summed E-state index contributed by atoms with van der Waals surface area (Å²) >= 11 is 12.3. The SMILES string of the molecule is O=C(NC1CCC(Cn2c(=O)n(-c3ccccc3Cl)c3ncccc32)CC1)c1cc(Cl)cnc1C(F)F. The van der Waals surface area contributed by atoms with Gasteiger partial charge in [-0.3, -0.25) is 14.3 Å². The van der Waals surface area contributed by atoms with Crippen molar-refractivity contribution in [2.75, 3.05) is 0 Å².